The summed E-state index contributed by atoms with van der Waals surface area (Å²) in [7, 11) is 0. The minimum absolute atomic E-state index is 0.130. The van der Waals surface area contributed by atoms with Crippen LogP contribution in [0, 0.1) is 6.92 Å². The van der Waals surface area contributed by atoms with Crippen LogP contribution >= 0.6 is 0 Å². The van der Waals surface area contributed by atoms with Crippen LogP contribution in [0.5, 0.6) is 0 Å². The number of imidazole rings is 1. The van der Waals surface area contributed by atoms with Crippen molar-refractivity contribution in [1.29, 1.82) is 0 Å². The number of pyridine rings is 1. The lowest BCUT2D eigenvalue weighted by Crippen LogP contribution is -2.23. The van der Waals surface area contributed by atoms with Crippen molar-refractivity contribution in [1.82, 2.24) is 34.9 Å². The van der Waals surface area contributed by atoms with E-state index in [0.717, 1.165) is 34.0 Å². The number of carbonyl (C=O) groups excluding carboxylic acids is 1. The number of nitrogens with one attached hydrogen (secondary N) is 1. The third-order valence-corrected chi connectivity index (χ3v) is 5.66. The first-order valence-corrected chi connectivity index (χ1v) is 11.2. The maximum atomic E-state index is 13.2. The summed E-state index contributed by atoms with van der Waals surface area (Å²) in [5, 5.41) is 15.2. The van der Waals surface area contributed by atoms with E-state index in [4.69, 9.17) is 0 Å². The van der Waals surface area contributed by atoms with Crippen molar-refractivity contribution in [3.8, 4) is 16.8 Å². The SMILES string of the molecule is Cc1ccc(-c2cc(C(=O)NCc3cn4ccccc4n3)cc(-n3nnnc3C(C)C)c2)cc1. The lowest BCUT2D eigenvalue weighted by atomic mass is 10.0. The molecule has 34 heavy (non-hydrogen) atoms. The fraction of sp³-hybridized carbons (Fsp3) is 0.192. The van der Waals surface area contributed by atoms with Crippen LogP contribution in [0.1, 0.15) is 47.2 Å². The van der Waals surface area contributed by atoms with E-state index in [9.17, 15) is 4.79 Å². The molecule has 0 aliphatic heterocycles. The van der Waals surface area contributed by atoms with Crippen LogP contribution < -0.4 is 5.32 Å². The molecule has 0 atom stereocenters. The van der Waals surface area contributed by atoms with Crippen molar-refractivity contribution >= 4 is 11.6 Å². The van der Waals surface area contributed by atoms with E-state index in [0.29, 0.717) is 12.1 Å². The summed E-state index contributed by atoms with van der Waals surface area (Å²) in [6.07, 6.45) is 3.85. The minimum atomic E-state index is -0.188. The number of tetrazole rings is 1. The Morgan fingerprint density at radius 2 is 1.85 bits per heavy atom. The van der Waals surface area contributed by atoms with E-state index < -0.39 is 0 Å². The molecule has 3 heterocycles. The van der Waals surface area contributed by atoms with E-state index >= 15 is 0 Å². The first-order valence-electron chi connectivity index (χ1n) is 11.2. The minimum Gasteiger partial charge on any atom is -0.346 e. The smallest absolute Gasteiger partial charge is 0.251 e. The Balaban J connectivity index is 1.49. The molecule has 8 nitrogen and oxygen atoms in total. The van der Waals surface area contributed by atoms with E-state index in [-0.39, 0.29) is 11.8 Å². The normalized spacial score (nSPS) is 11.3. The maximum Gasteiger partial charge on any atom is 0.251 e. The van der Waals surface area contributed by atoms with E-state index in [2.05, 4.69) is 57.0 Å². The van der Waals surface area contributed by atoms with Crippen LogP contribution in [-0.4, -0.2) is 35.5 Å². The van der Waals surface area contributed by atoms with E-state index in [1.54, 1.807) is 4.68 Å². The molecule has 0 spiro atoms. The second-order valence-electron chi connectivity index (χ2n) is 8.62. The number of amides is 1. The van der Waals surface area contributed by atoms with Gasteiger partial charge in [0.2, 0.25) is 0 Å². The average Bonchev–Trinajstić information content (AvgIpc) is 3.50. The van der Waals surface area contributed by atoms with Gasteiger partial charge in [0, 0.05) is 23.9 Å². The highest BCUT2D eigenvalue weighted by atomic mass is 16.1. The lowest BCUT2D eigenvalue weighted by Gasteiger charge is -2.12. The summed E-state index contributed by atoms with van der Waals surface area (Å²) in [5.41, 5.74) is 6.01. The molecule has 5 rings (SSSR count). The van der Waals surface area contributed by atoms with Gasteiger partial charge in [-0.15, -0.1) is 5.10 Å². The number of nitrogens with zero attached hydrogens (tertiary/aromatic N) is 6. The number of fused-ring (bicyclic) bond motifs is 1. The molecule has 0 radical (unpaired) electrons. The van der Waals surface area contributed by atoms with Gasteiger partial charge in [-0.05, 0) is 58.8 Å². The van der Waals surface area contributed by atoms with Crippen molar-refractivity contribution in [3.05, 3.63) is 95.7 Å². The van der Waals surface area contributed by atoms with Crippen molar-refractivity contribution in [2.45, 2.75) is 33.2 Å². The summed E-state index contributed by atoms with van der Waals surface area (Å²) in [6.45, 7) is 6.45. The topological polar surface area (TPSA) is 90.0 Å². The van der Waals surface area contributed by atoms with Crippen molar-refractivity contribution in [2.75, 3.05) is 0 Å². The maximum absolute atomic E-state index is 13.2. The summed E-state index contributed by atoms with van der Waals surface area (Å²) in [5.74, 6) is 0.675. The quantitative estimate of drug-likeness (QED) is 0.415. The van der Waals surface area contributed by atoms with Gasteiger partial charge < -0.3 is 9.72 Å². The van der Waals surface area contributed by atoms with Gasteiger partial charge in [-0.2, -0.15) is 4.68 Å². The Bertz CT molecular complexity index is 1430. The standard InChI is InChI=1S/C26H25N7O/c1-17(2)25-29-30-31-33(25)23-13-20(19-9-7-18(3)8-10-19)12-21(14-23)26(34)27-15-22-16-32-11-5-4-6-24(32)28-22/h4-14,16-17H,15H2,1-3H3,(H,27,34). The average molecular weight is 452 g/mol. The largest absolute Gasteiger partial charge is 0.346 e. The molecule has 1 N–H and O–H groups in total. The summed E-state index contributed by atoms with van der Waals surface area (Å²) in [4.78, 5) is 17.8. The molecule has 0 fully saturated rings. The van der Waals surface area contributed by atoms with Gasteiger partial charge >= 0.3 is 0 Å². The number of aromatic nitrogens is 6. The van der Waals surface area contributed by atoms with E-state index in [1.807, 2.05) is 67.0 Å². The molecule has 0 unspecified atom stereocenters. The van der Waals surface area contributed by atoms with Gasteiger partial charge in [0.15, 0.2) is 5.82 Å². The van der Waals surface area contributed by atoms with Crippen LogP contribution in [-0.2, 0) is 6.54 Å². The van der Waals surface area contributed by atoms with Crippen molar-refractivity contribution in [2.24, 2.45) is 0 Å². The highest BCUT2D eigenvalue weighted by Crippen LogP contribution is 2.26. The molecule has 0 aliphatic carbocycles. The lowest BCUT2D eigenvalue weighted by molar-refractivity contribution is 0.0950. The molecule has 2 aromatic carbocycles. The van der Waals surface area contributed by atoms with Crippen LogP contribution in [0.4, 0.5) is 0 Å². The van der Waals surface area contributed by atoms with Crippen LogP contribution in [0.25, 0.3) is 22.5 Å². The fourth-order valence-corrected chi connectivity index (χ4v) is 3.86. The molecule has 1 amide bonds. The number of hydrogen-bond acceptors (Lipinski definition) is 5. The number of hydrogen-bond donors (Lipinski definition) is 1. The Labute approximate surface area is 197 Å². The Kier molecular flexibility index (Phi) is 5.63. The first-order chi connectivity index (χ1) is 16.5. The summed E-state index contributed by atoms with van der Waals surface area (Å²) < 4.78 is 3.63. The molecular weight excluding hydrogens is 426 g/mol. The summed E-state index contributed by atoms with van der Waals surface area (Å²) >= 11 is 0. The predicted octanol–water partition coefficient (Wildman–Crippen LogP) is 4.34. The number of carbonyl (C=O) groups is 1. The van der Waals surface area contributed by atoms with Gasteiger partial charge in [-0.3, -0.25) is 4.79 Å². The zero-order chi connectivity index (χ0) is 23.7. The van der Waals surface area contributed by atoms with Crippen molar-refractivity contribution in [3.63, 3.8) is 0 Å². The highest BCUT2D eigenvalue weighted by molar-refractivity contribution is 5.96. The second-order valence-corrected chi connectivity index (χ2v) is 8.62. The molecule has 0 bridgehead atoms. The Morgan fingerprint density at radius 3 is 2.62 bits per heavy atom. The summed E-state index contributed by atoms with van der Waals surface area (Å²) in [6, 6.07) is 19.8. The van der Waals surface area contributed by atoms with Crippen LogP contribution in [0.2, 0.25) is 0 Å². The van der Waals surface area contributed by atoms with Gasteiger partial charge in [0.25, 0.3) is 5.91 Å². The molecule has 3 aromatic heterocycles. The first kappa shape index (κ1) is 21.5. The second kappa shape index (κ2) is 8.90. The third-order valence-electron chi connectivity index (χ3n) is 5.66. The Hall–Kier alpha value is -4.33. The fourth-order valence-electron chi connectivity index (χ4n) is 3.86. The molecule has 0 saturated carbocycles. The molecule has 5 aromatic rings. The predicted molar refractivity (Wildman–Crippen MR) is 130 cm³/mol. The van der Waals surface area contributed by atoms with Gasteiger partial charge in [-0.1, -0.05) is 49.7 Å². The molecular formula is C26H25N7O. The number of benzene rings is 2. The number of rotatable bonds is 6. The molecule has 0 aliphatic rings. The highest BCUT2D eigenvalue weighted by Gasteiger charge is 2.16. The van der Waals surface area contributed by atoms with Crippen LogP contribution in [0.15, 0.2) is 73.1 Å². The molecule has 170 valence electrons. The third kappa shape index (κ3) is 4.30. The van der Waals surface area contributed by atoms with Gasteiger partial charge in [0.05, 0.1) is 17.9 Å². The van der Waals surface area contributed by atoms with Gasteiger partial charge in [0.1, 0.15) is 5.65 Å². The van der Waals surface area contributed by atoms with Crippen molar-refractivity contribution < 1.29 is 4.79 Å². The molecule has 0 saturated heterocycles. The Morgan fingerprint density at radius 1 is 1.03 bits per heavy atom. The zero-order valence-corrected chi connectivity index (χ0v) is 19.3. The monoisotopic (exact) mass is 451 g/mol. The van der Waals surface area contributed by atoms with Crippen LogP contribution in [0.3, 0.4) is 0 Å². The van der Waals surface area contributed by atoms with Gasteiger partial charge in [-0.25, -0.2) is 4.98 Å². The zero-order valence-electron chi connectivity index (χ0n) is 19.3. The number of aryl methyl sites for hydroxylation is 1. The van der Waals surface area contributed by atoms with E-state index in [1.165, 1.54) is 5.56 Å². The molecule has 8 heteroatoms.